The molecule has 0 fully saturated rings. The number of nitrogens with one attached hydrogen (secondary N) is 3. The molecule has 2 rings (SSSR count). The Morgan fingerprint density at radius 2 is 1.82 bits per heavy atom. The zero-order valence-corrected chi connectivity index (χ0v) is 13.7. The number of aromatic amines is 2. The van der Waals surface area contributed by atoms with E-state index < -0.39 is 23.7 Å². The van der Waals surface area contributed by atoms with Crippen molar-refractivity contribution in [3.05, 3.63) is 60.8 Å². The SMILES string of the molecule is Cc1[nH]c(=O)[nH]c(=O)c1SNC(c1ccc(Br)cc1)C(F)F. The van der Waals surface area contributed by atoms with E-state index in [2.05, 4.69) is 30.6 Å². The van der Waals surface area contributed by atoms with E-state index in [0.29, 0.717) is 11.3 Å². The van der Waals surface area contributed by atoms with Gasteiger partial charge in [0, 0.05) is 10.2 Å². The second kappa shape index (κ2) is 7.21. The summed E-state index contributed by atoms with van der Waals surface area (Å²) in [5.41, 5.74) is -0.549. The second-order valence-electron chi connectivity index (χ2n) is 4.45. The topological polar surface area (TPSA) is 77.8 Å². The number of rotatable bonds is 5. The normalized spacial score (nSPS) is 12.6. The van der Waals surface area contributed by atoms with Crippen LogP contribution in [0.25, 0.3) is 0 Å². The van der Waals surface area contributed by atoms with E-state index >= 15 is 0 Å². The summed E-state index contributed by atoms with van der Waals surface area (Å²) in [6.07, 6.45) is -2.66. The van der Waals surface area contributed by atoms with E-state index in [1.807, 2.05) is 0 Å². The molecule has 2 aromatic rings. The van der Waals surface area contributed by atoms with Crippen LogP contribution in [0.1, 0.15) is 17.3 Å². The first-order valence-corrected chi connectivity index (χ1v) is 7.78. The highest BCUT2D eigenvalue weighted by Gasteiger charge is 2.23. The van der Waals surface area contributed by atoms with Crippen LogP contribution in [0.2, 0.25) is 0 Å². The molecule has 0 aliphatic carbocycles. The third-order valence-electron chi connectivity index (χ3n) is 2.84. The van der Waals surface area contributed by atoms with Gasteiger partial charge in [0.2, 0.25) is 0 Å². The molecule has 5 nitrogen and oxygen atoms in total. The summed E-state index contributed by atoms with van der Waals surface area (Å²) in [5, 5.41) is 0. The van der Waals surface area contributed by atoms with Crippen molar-refractivity contribution in [2.45, 2.75) is 24.3 Å². The highest BCUT2D eigenvalue weighted by atomic mass is 79.9. The van der Waals surface area contributed by atoms with Crippen LogP contribution < -0.4 is 16.0 Å². The molecule has 22 heavy (non-hydrogen) atoms. The first kappa shape index (κ1) is 16.9. The van der Waals surface area contributed by atoms with E-state index in [-0.39, 0.29) is 4.90 Å². The molecule has 0 aliphatic heterocycles. The number of aryl methyl sites for hydroxylation is 1. The first-order valence-electron chi connectivity index (χ1n) is 6.17. The average molecular weight is 392 g/mol. The summed E-state index contributed by atoms with van der Waals surface area (Å²) in [7, 11) is 0. The van der Waals surface area contributed by atoms with E-state index in [9.17, 15) is 18.4 Å². The molecule has 0 spiro atoms. The molecule has 0 bridgehead atoms. The van der Waals surface area contributed by atoms with E-state index in [1.54, 1.807) is 24.3 Å². The molecule has 9 heteroatoms. The predicted molar refractivity (Wildman–Crippen MR) is 84.3 cm³/mol. The van der Waals surface area contributed by atoms with Crippen LogP contribution in [0.3, 0.4) is 0 Å². The fourth-order valence-electron chi connectivity index (χ4n) is 1.77. The van der Waals surface area contributed by atoms with Gasteiger partial charge in [0.25, 0.3) is 12.0 Å². The van der Waals surface area contributed by atoms with Crippen molar-refractivity contribution in [1.82, 2.24) is 14.7 Å². The van der Waals surface area contributed by atoms with Gasteiger partial charge in [-0.25, -0.2) is 18.3 Å². The molecule has 0 radical (unpaired) electrons. The lowest BCUT2D eigenvalue weighted by atomic mass is 10.1. The Morgan fingerprint density at radius 1 is 1.18 bits per heavy atom. The fraction of sp³-hybridized carbons (Fsp3) is 0.231. The van der Waals surface area contributed by atoms with Crippen molar-refractivity contribution in [2.24, 2.45) is 0 Å². The lowest BCUT2D eigenvalue weighted by Gasteiger charge is -2.18. The lowest BCUT2D eigenvalue weighted by molar-refractivity contribution is 0.110. The Balaban J connectivity index is 2.22. The number of H-pyrrole nitrogens is 2. The molecule has 1 heterocycles. The highest BCUT2D eigenvalue weighted by Crippen LogP contribution is 2.26. The van der Waals surface area contributed by atoms with Gasteiger partial charge in [0.05, 0.1) is 0 Å². The summed E-state index contributed by atoms with van der Waals surface area (Å²) in [4.78, 5) is 27.4. The third-order valence-corrected chi connectivity index (χ3v) is 4.44. The lowest BCUT2D eigenvalue weighted by Crippen LogP contribution is -2.28. The summed E-state index contributed by atoms with van der Waals surface area (Å²) < 4.78 is 29.8. The minimum atomic E-state index is -2.66. The molecule has 0 saturated carbocycles. The quantitative estimate of drug-likeness (QED) is 0.684. The molecule has 1 aromatic carbocycles. The fourth-order valence-corrected chi connectivity index (χ4v) is 2.86. The van der Waals surface area contributed by atoms with Crippen LogP contribution in [0.4, 0.5) is 8.78 Å². The monoisotopic (exact) mass is 391 g/mol. The van der Waals surface area contributed by atoms with Crippen LogP contribution in [0.15, 0.2) is 43.2 Å². The minimum absolute atomic E-state index is 0.141. The summed E-state index contributed by atoms with van der Waals surface area (Å²) in [5.74, 6) is 0. The number of halogens is 3. The van der Waals surface area contributed by atoms with Gasteiger partial charge >= 0.3 is 5.69 Å². The Labute approximate surface area is 136 Å². The largest absolute Gasteiger partial charge is 0.325 e. The van der Waals surface area contributed by atoms with Crippen molar-refractivity contribution in [3.8, 4) is 0 Å². The van der Waals surface area contributed by atoms with Crippen LogP contribution in [-0.2, 0) is 0 Å². The number of alkyl halides is 2. The Hall–Kier alpha value is -1.45. The molecule has 3 N–H and O–H groups in total. The minimum Gasteiger partial charge on any atom is -0.310 e. The zero-order chi connectivity index (χ0) is 16.3. The molecule has 0 aliphatic rings. The van der Waals surface area contributed by atoms with Crippen molar-refractivity contribution in [1.29, 1.82) is 0 Å². The van der Waals surface area contributed by atoms with Gasteiger partial charge in [0.1, 0.15) is 10.9 Å². The second-order valence-corrected chi connectivity index (χ2v) is 6.21. The highest BCUT2D eigenvalue weighted by molar-refractivity contribution is 9.10. The van der Waals surface area contributed by atoms with Gasteiger partial charge in [-0.1, -0.05) is 28.1 Å². The van der Waals surface area contributed by atoms with Crippen molar-refractivity contribution >= 4 is 27.9 Å². The van der Waals surface area contributed by atoms with Gasteiger partial charge in [0.15, 0.2) is 0 Å². The van der Waals surface area contributed by atoms with Gasteiger partial charge in [-0.05, 0) is 36.6 Å². The zero-order valence-electron chi connectivity index (χ0n) is 11.3. The summed E-state index contributed by atoms with van der Waals surface area (Å²) in [6, 6.07) is 5.21. The van der Waals surface area contributed by atoms with Gasteiger partial charge < -0.3 is 4.98 Å². The number of benzene rings is 1. The van der Waals surface area contributed by atoms with Gasteiger partial charge in [-0.2, -0.15) is 0 Å². The smallest absolute Gasteiger partial charge is 0.310 e. The van der Waals surface area contributed by atoms with Crippen molar-refractivity contribution in [3.63, 3.8) is 0 Å². The maximum atomic E-state index is 13.2. The molecule has 1 unspecified atom stereocenters. The summed E-state index contributed by atoms with van der Waals surface area (Å²) in [6.45, 7) is 1.53. The van der Waals surface area contributed by atoms with Crippen LogP contribution >= 0.6 is 27.9 Å². The number of hydrogen-bond donors (Lipinski definition) is 3. The molecule has 1 aromatic heterocycles. The van der Waals surface area contributed by atoms with E-state index in [1.165, 1.54) is 6.92 Å². The average Bonchev–Trinajstić information content (AvgIpc) is 2.43. The Morgan fingerprint density at radius 3 is 2.36 bits per heavy atom. The number of aromatic nitrogens is 2. The molecular formula is C13H12BrF2N3O2S. The third kappa shape index (κ3) is 4.05. The first-order chi connectivity index (χ1) is 10.4. The van der Waals surface area contributed by atoms with Crippen LogP contribution in [0, 0.1) is 6.92 Å². The predicted octanol–water partition coefficient (Wildman–Crippen LogP) is 2.74. The maximum Gasteiger partial charge on any atom is 0.325 e. The van der Waals surface area contributed by atoms with Crippen LogP contribution in [-0.4, -0.2) is 16.4 Å². The number of hydrogen-bond acceptors (Lipinski definition) is 4. The molecule has 0 saturated heterocycles. The molecular weight excluding hydrogens is 380 g/mol. The Bertz CT molecular complexity index is 761. The van der Waals surface area contributed by atoms with Crippen molar-refractivity contribution < 1.29 is 8.78 Å². The maximum absolute atomic E-state index is 13.2. The molecule has 0 amide bonds. The summed E-state index contributed by atoms with van der Waals surface area (Å²) >= 11 is 4.00. The van der Waals surface area contributed by atoms with Crippen LogP contribution in [0.5, 0.6) is 0 Å². The van der Waals surface area contributed by atoms with Crippen molar-refractivity contribution in [2.75, 3.05) is 0 Å². The van der Waals surface area contributed by atoms with E-state index in [4.69, 9.17) is 0 Å². The Kier molecular flexibility index (Phi) is 5.54. The molecule has 1 atom stereocenters. The van der Waals surface area contributed by atoms with Gasteiger partial charge in [-0.15, -0.1) is 0 Å². The van der Waals surface area contributed by atoms with Gasteiger partial charge in [-0.3, -0.25) is 9.78 Å². The standard InChI is InChI=1S/C13H12BrF2N3O2S/c1-6-10(12(20)18-13(21)17-6)22-19-9(11(15)16)7-2-4-8(14)5-3-7/h2-5,9,11,19H,1H3,(H2,17,18,20,21). The molecule has 118 valence electrons. The van der Waals surface area contributed by atoms with E-state index in [0.717, 1.165) is 16.4 Å².